The van der Waals surface area contributed by atoms with Gasteiger partial charge in [0.05, 0.1) is 5.69 Å². The molecule has 0 aromatic heterocycles. The first-order chi connectivity index (χ1) is 15.4. The SMILES string of the molecule is C=CCOc1ccc2ccccc2c1/C=C1/C(=O)NC(=O)N(c2ccc(Br)c(C)c2)C1=O. The normalized spacial score (nSPS) is 15.2. The molecule has 1 heterocycles. The van der Waals surface area contributed by atoms with Crippen molar-refractivity contribution in [1.29, 1.82) is 0 Å². The molecule has 0 unspecified atom stereocenters. The number of amides is 4. The second kappa shape index (κ2) is 8.80. The predicted molar refractivity (Wildman–Crippen MR) is 128 cm³/mol. The highest BCUT2D eigenvalue weighted by Gasteiger charge is 2.37. The Hall–Kier alpha value is -3.71. The van der Waals surface area contributed by atoms with Gasteiger partial charge in [-0.25, -0.2) is 9.69 Å². The zero-order valence-electron chi connectivity index (χ0n) is 17.2. The third kappa shape index (κ3) is 3.94. The Morgan fingerprint density at radius 3 is 2.62 bits per heavy atom. The molecule has 160 valence electrons. The first-order valence-electron chi connectivity index (χ1n) is 9.83. The van der Waals surface area contributed by atoms with Crippen LogP contribution in [0, 0.1) is 6.92 Å². The van der Waals surface area contributed by atoms with Crippen molar-refractivity contribution in [2.24, 2.45) is 0 Å². The molecule has 0 radical (unpaired) electrons. The fourth-order valence-corrected chi connectivity index (χ4v) is 3.75. The molecule has 32 heavy (non-hydrogen) atoms. The van der Waals surface area contributed by atoms with Gasteiger partial charge in [0, 0.05) is 10.0 Å². The molecule has 4 rings (SSSR count). The number of rotatable bonds is 5. The number of urea groups is 1. The molecule has 0 spiro atoms. The zero-order valence-corrected chi connectivity index (χ0v) is 18.8. The van der Waals surface area contributed by atoms with E-state index in [0.29, 0.717) is 17.0 Å². The van der Waals surface area contributed by atoms with Crippen LogP contribution in [-0.2, 0) is 9.59 Å². The van der Waals surface area contributed by atoms with Crippen LogP contribution in [0.4, 0.5) is 10.5 Å². The Labute approximate surface area is 193 Å². The second-order valence-electron chi connectivity index (χ2n) is 7.19. The number of carbonyl (C=O) groups excluding carboxylic acids is 3. The van der Waals surface area contributed by atoms with Crippen LogP contribution in [-0.4, -0.2) is 24.5 Å². The van der Waals surface area contributed by atoms with Crippen LogP contribution in [0.5, 0.6) is 5.75 Å². The summed E-state index contributed by atoms with van der Waals surface area (Å²) >= 11 is 3.41. The molecule has 3 aromatic rings. The summed E-state index contributed by atoms with van der Waals surface area (Å²) in [5, 5.41) is 4.00. The number of barbiturate groups is 1. The van der Waals surface area contributed by atoms with Gasteiger partial charge in [0.25, 0.3) is 11.8 Å². The fourth-order valence-electron chi connectivity index (χ4n) is 3.50. The van der Waals surface area contributed by atoms with Crippen molar-refractivity contribution in [3.05, 3.63) is 88.4 Å². The number of aryl methyl sites for hydroxylation is 1. The minimum atomic E-state index is -0.792. The lowest BCUT2D eigenvalue weighted by atomic mass is 9.99. The summed E-state index contributed by atoms with van der Waals surface area (Å²) in [6, 6.07) is 15.6. The van der Waals surface area contributed by atoms with Crippen LogP contribution in [0.15, 0.2) is 77.3 Å². The third-order valence-corrected chi connectivity index (χ3v) is 5.97. The zero-order chi connectivity index (χ0) is 22.8. The van der Waals surface area contributed by atoms with Gasteiger partial charge < -0.3 is 4.74 Å². The number of halogens is 1. The number of carbonyl (C=O) groups is 3. The molecule has 1 N–H and O–H groups in total. The predicted octanol–water partition coefficient (Wildman–Crippen LogP) is 5.14. The average molecular weight is 491 g/mol. The summed E-state index contributed by atoms with van der Waals surface area (Å²) in [5.41, 5.74) is 1.63. The number of benzene rings is 3. The molecule has 1 saturated heterocycles. The first kappa shape index (κ1) is 21.5. The van der Waals surface area contributed by atoms with E-state index in [4.69, 9.17) is 4.74 Å². The fraction of sp³-hybridized carbons (Fsp3) is 0.0800. The lowest BCUT2D eigenvalue weighted by Crippen LogP contribution is -2.54. The summed E-state index contributed by atoms with van der Waals surface area (Å²) in [6.07, 6.45) is 3.09. The van der Waals surface area contributed by atoms with Gasteiger partial charge in [-0.15, -0.1) is 0 Å². The Kier molecular flexibility index (Phi) is 5.92. The van der Waals surface area contributed by atoms with Gasteiger partial charge in [-0.3, -0.25) is 14.9 Å². The smallest absolute Gasteiger partial charge is 0.335 e. The number of nitrogens with one attached hydrogen (secondary N) is 1. The Bertz CT molecular complexity index is 1310. The van der Waals surface area contributed by atoms with Crippen molar-refractivity contribution in [3.8, 4) is 5.75 Å². The number of ether oxygens (including phenoxy) is 1. The molecular weight excluding hydrogens is 472 g/mol. The number of nitrogens with zero attached hydrogens (tertiary/aromatic N) is 1. The van der Waals surface area contributed by atoms with E-state index in [1.807, 2.05) is 37.3 Å². The summed E-state index contributed by atoms with van der Waals surface area (Å²) < 4.78 is 6.62. The van der Waals surface area contributed by atoms with Crippen molar-refractivity contribution in [2.45, 2.75) is 6.92 Å². The molecule has 3 aromatic carbocycles. The van der Waals surface area contributed by atoms with Gasteiger partial charge in [0.2, 0.25) is 0 Å². The maximum Gasteiger partial charge on any atom is 0.335 e. The average Bonchev–Trinajstić information content (AvgIpc) is 2.77. The highest BCUT2D eigenvalue weighted by atomic mass is 79.9. The lowest BCUT2D eigenvalue weighted by molar-refractivity contribution is -0.122. The number of fused-ring (bicyclic) bond motifs is 1. The van der Waals surface area contributed by atoms with E-state index in [9.17, 15) is 14.4 Å². The topological polar surface area (TPSA) is 75.7 Å². The van der Waals surface area contributed by atoms with Crippen LogP contribution in [0.25, 0.3) is 16.8 Å². The molecule has 4 amide bonds. The van der Waals surface area contributed by atoms with E-state index >= 15 is 0 Å². The van der Waals surface area contributed by atoms with Crippen molar-refractivity contribution in [3.63, 3.8) is 0 Å². The van der Waals surface area contributed by atoms with Crippen molar-refractivity contribution >= 4 is 56.3 Å². The van der Waals surface area contributed by atoms with Gasteiger partial charge in [-0.05, 0) is 53.6 Å². The van der Waals surface area contributed by atoms with E-state index < -0.39 is 17.8 Å². The van der Waals surface area contributed by atoms with Crippen molar-refractivity contribution in [1.82, 2.24) is 5.32 Å². The van der Waals surface area contributed by atoms with Crippen molar-refractivity contribution in [2.75, 3.05) is 11.5 Å². The summed E-state index contributed by atoms with van der Waals surface area (Å²) in [6.45, 7) is 5.78. The number of hydrogen-bond acceptors (Lipinski definition) is 4. The Morgan fingerprint density at radius 1 is 1.09 bits per heavy atom. The minimum absolute atomic E-state index is 0.162. The Morgan fingerprint density at radius 2 is 1.88 bits per heavy atom. The van der Waals surface area contributed by atoms with E-state index in [-0.39, 0.29) is 12.2 Å². The minimum Gasteiger partial charge on any atom is -0.489 e. The van der Waals surface area contributed by atoms with Crippen LogP contribution < -0.4 is 15.0 Å². The molecule has 1 aliphatic rings. The highest BCUT2D eigenvalue weighted by molar-refractivity contribution is 9.10. The van der Waals surface area contributed by atoms with Gasteiger partial charge in [-0.2, -0.15) is 0 Å². The molecular formula is C25H19BrN2O4. The maximum absolute atomic E-state index is 13.3. The van der Waals surface area contributed by atoms with Gasteiger partial charge in [-0.1, -0.05) is 58.9 Å². The molecule has 1 aliphatic heterocycles. The summed E-state index contributed by atoms with van der Waals surface area (Å²) in [4.78, 5) is 39.5. The van der Waals surface area contributed by atoms with E-state index in [1.54, 1.807) is 30.3 Å². The molecule has 1 fully saturated rings. The first-order valence-corrected chi connectivity index (χ1v) is 10.6. The summed E-state index contributed by atoms with van der Waals surface area (Å²) in [7, 11) is 0. The van der Waals surface area contributed by atoms with Gasteiger partial charge >= 0.3 is 6.03 Å². The quantitative estimate of drug-likeness (QED) is 0.305. The summed E-state index contributed by atoms with van der Waals surface area (Å²) in [5.74, 6) is -0.963. The van der Waals surface area contributed by atoms with Crippen LogP contribution >= 0.6 is 15.9 Å². The van der Waals surface area contributed by atoms with Crippen LogP contribution in [0.2, 0.25) is 0 Å². The number of anilines is 1. The van der Waals surface area contributed by atoms with E-state index in [0.717, 1.165) is 25.7 Å². The monoisotopic (exact) mass is 490 g/mol. The lowest BCUT2D eigenvalue weighted by Gasteiger charge is -2.27. The molecule has 0 atom stereocenters. The van der Waals surface area contributed by atoms with E-state index in [2.05, 4.69) is 27.8 Å². The number of imide groups is 2. The number of hydrogen-bond donors (Lipinski definition) is 1. The Balaban J connectivity index is 1.85. The largest absolute Gasteiger partial charge is 0.489 e. The highest BCUT2D eigenvalue weighted by Crippen LogP contribution is 2.32. The van der Waals surface area contributed by atoms with E-state index in [1.165, 1.54) is 6.08 Å². The van der Waals surface area contributed by atoms with Crippen LogP contribution in [0.1, 0.15) is 11.1 Å². The molecule has 0 saturated carbocycles. The molecule has 0 bridgehead atoms. The third-order valence-electron chi connectivity index (χ3n) is 5.08. The van der Waals surface area contributed by atoms with Crippen molar-refractivity contribution < 1.29 is 19.1 Å². The molecule has 0 aliphatic carbocycles. The van der Waals surface area contributed by atoms with Gasteiger partial charge in [0.15, 0.2) is 0 Å². The standard InChI is InChI=1S/C25H19BrN2O4/c1-3-12-32-22-11-8-16-6-4-5-7-18(16)19(22)14-20-23(29)27-25(31)28(24(20)30)17-9-10-21(26)15(2)13-17/h3-11,13-14H,1,12H2,2H3,(H,27,29,31)/b20-14-. The second-order valence-corrected chi connectivity index (χ2v) is 8.04. The molecule has 7 heteroatoms. The maximum atomic E-state index is 13.3. The van der Waals surface area contributed by atoms with Gasteiger partial charge in [0.1, 0.15) is 17.9 Å². The van der Waals surface area contributed by atoms with Crippen LogP contribution in [0.3, 0.4) is 0 Å². The molecule has 6 nitrogen and oxygen atoms in total.